The molecule has 82 valence electrons. The van der Waals surface area contributed by atoms with Gasteiger partial charge in [-0.05, 0) is 48.8 Å². The van der Waals surface area contributed by atoms with Crippen LogP contribution in [0, 0.1) is 0 Å². The first-order valence-corrected chi connectivity index (χ1v) is 6.20. The minimum absolute atomic E-state index is 0.338. The van der Waals surface area contributed by atoms with E-state index in [9.17, 15) is 5.11 Å². The lowest BCUT2D eigenvalue weighted by atomic mass is 10.0. The Labute approximate surface area is 96.1 Å². The van der Waals surface area contributed by atoms with Gasteiger partial charge in [0.1, 0.15) is 0 Å². The maximum absolute atomic E-state index is 9.92. The van der Waals surface area contributed by atoms with E-state index in [2.05, 4.69) is 18.2 Å². The van der Waals surface area contributed by atoms with E-state index in [4.69, 9.17) is 11.6 Å². The number of aliphatic hydroxyl groups is 1. The van der Waals surface area contributed by atoms with Crippen molar-refractivity contribution >= 4 is 11.6 Å². The van der Waals surface area contributed by atoms with Crippen molar-refractivity contribution < 1.29 is 5.11 Å². The number of aliphatic hydroxyl groups excluding tert-OH is 1. The summed E-state index contributed by atoms with van der Waals surface area (Å²) in [5.74, 6) is 0.627. The van der Waals surface area contributed by atoms with E-state index in [-0.39, 0.29) is 6.10 Å². The van der Waals surface area contributed by atoms with E-state index in [1.54, 1.807) is 0 Å². The molecular formula is C13H17ClO. The van der Waals surface area contributed by atoms with Crippen molar-refractivity contribution in [3.63, 3.8) is 0 Å². The van der Waals surface area contributed by atoms with E-state index in [0.29, 0.717) is 5.88 Å². The lowest BCUT2D eigenvalue weighted by Gasteiger charge is -2.11. The Hall–Kier alpha value is -0.530. The fraction of sp³-hybridized carbons (Fsp3) is 0.538. The maximum atomic E-state index is 9.92. The lowest BCUT2D eigenvalue weighted by Crippen LogP contribution is -1.99. The summed E-state index contributed by atoms with van der Waals surface area (Å²) < 4.78 is 0. The van der Waals surface area contributed by atoms with Gasteiger partial charge in [-0.3, -0.25) is 0 Å². The molecule has 0 spiro atoms. The molecule has 15 heavy (non-hydrogen) atoms. The highest BCUT2D eigenvalue weighted by Crippen LogP contribution is 2.27. The van der Waals surface area contributed by atoms with Crippen molar-refractivity contribution in [3.05, 3.63) is 34.9 Å². The van der Waals surface area contributed by atoms with E-state index >= 15 is 0 Å². The molecule has 0 radical (unpaired) electrons. The Bertz CT molecular complexity index is 335. The van der Waals surface area contributed by atoms with Crippen LogP contribution in [0.1, 0.15) is 42.1 Å². The third-order valence-electron chi connectivity index (χ3n) is 3.12. The summed E-state index contributed by atoms with van der Waals surface area (Å²) in [6.07, 6.45) is 4.94. The van der Waals surface area contributed by atoms with Crippen LogP contribution in [0.4, 0.5) is 0 Å². The van der Waals surface area contributed by atoms with Gasteiger partial charge >= 0.3 is 0 Å². The highest BCUT2D eigenvalue weighted by molar-refractivity contribution is 6.17. The number of alkyl halides is 1. The summed E-state index contributed by atoms with van der Waals surface area (Å²) in [4.78, 5) is 0. The molecule has 1 aliphatic carbocycles. The van der Waals surface area contributed by atoms with Crippen molar-refractivity contribution in [2.24, 2.45) is 0 Å². The molecule has 0 aliphatic heterocycles. The average molecular weight is 225 g/mol. The molecule has 1 aromatic carbocycles. The summed E-state index contributed by atoms with van der Waals surface area (Å²) in [5.41, 5.74) is 3.95. The van der Waals surface area contributed by atoms with Crippen LogP contribution in [-0.2, 0) is 12.8 Å². The molecule has 1 nitrogen and oxygen atoms in total. The smallest absolute Gasteiger partial charge is 0.0790 e. The zero-order chi connectivity index (χ0) is 10.7. The third kappa shape index (κ3) is 2.53. The Kier molecular flexibility index (Phi) is 3.66. The van der Waals surface area contributed by atoms with E-state index < -0.39 is 0 Å². The SMILES string of the molecule is OC(CCCCl)c1ccc2c(c1)CCC2. The van der Waals surface area contributed by atoms with E-state index in [0.717, 1.165) is 18.4 Å². The van der Waals surface area contributed by atoms with Gasteiger partial charge in [-0.25, -0.2) is 0 Å². The first-order valence-electron chi connectivity index (χ1n) is 5.67. The predicted octanol–water partition coefficient (Wildman–Crippen LogP) is 3.23. The molecule has 0 saturated carbocycles. The number of aryl methyl sites for hydroxylation is 2. The summed E-state index contributed by atoms with van der Waals surface area (Å²) in [5, 5.41) is 9.92. The van der Waals surface area contributed by atoms with Crippen molar-refractivity contribution in [3.8, 4) is 0 Å². The third-order valence-corrected chi connectivity index (χ3v) is 3.39. The molecule has 0 bridgehead atoms. The molecule has 0 fully saturated rings. The zero-order valence-electron chi connectivity index (χ0n) is 8.88. The number of rotatable bonds is 4. The van der Waals surface area contributed by atoms with Crippen molar-refractivity contribution in [2.45, 2.75) is 38.2 Å². The van der Waals surface area contributed by atoms with Crippen LogP contribution >= 0.6 is 11.6 Å². The number of hydrogen-bond acceptors (Lipinski definition) is 1. The number of halogens is 1. The fourth-order valence-corrected chi connectivity index (χ4v) is 2.39. The second-order valence-electron chi connectivity index (χ2n) is 4.23. The van der Waals surface area contributed by atoms with Crippen LogP contribution in [0.5, 0.6) is 0 Å². The van der Waals surface area contributed by atoms with Gasteiger partial charge in [0.2, 0.25) is 0 Å². The summed E-state index contributed by atoms with van der Waals surface area (Å²) in [7, 11) is 0. The standard InChI is InChI=1S/C13H17ClO/c14-8-2-5-13(15)12-7-6-10-3-1-4-11(10)9-12/h6-7,9,13,15H,1-5,8H2. The van der Waals surface area contributed by atoms with Crippen LogP contribution in [0.2, 0.25) is 0 Å². The van der Waals surface area contributed by atoms with E-state index in [1.165, 1.54) is 30.4 Å². The Balaban J connectivity index is 2.08. The zero-order valence-corrected chi connectivity index (χ0v) is 9.63. The highest BCUT2D eigenvalue weighted by Gasteiger charge is 2.13. The molecule has 1 unspecified atom stereocenters. The Morgan fingerprint density at radius 1 is 1.27 bits per heavy atom. The quantitative estimate of drug-likeness (QED) is 0.779. The van der Waals surface area contributed by atoms with Gasteiger partial charge in [-0.15, -0.1) is 11.6 Å². The van der Waals surface area contributed by atoms with Gasteiger partial charge < -0.3 is 5.11 Å². The second kappa shape index (κ2) is 5.00. The van der Waals surface area contributed by atoms with Gasteiger partial charge in [-0.2, -0.15) is 0 Å². The summed E-state index contributed by atoms with van der Waals surface area (Å²) >= 11 is 5.62. The molecule has 1 N–H and O–H groups in total. The molecule has 1 atom stereocenters. The normalized spacial score (nSPS) is 16.4. The van der Waals surface area contributed by atoms with Gasteiger partial charge in [0.05, 0.1) is 6.10 Å². The Morgan fingerprint density at radius 3 is 2.87 bits per heavy atom. The van der Waals surface area contributed by atoms with Crippen LogP contribution in [0.15, 0.2) is 18.2 Å². The first-order chi connectivity index (χ1) is 7.31. The molecule has 2 rings (SSSR count). The maximum Gasteiger partial charge on any atom is 0.0790 e. The van der Waals surface area contributed by atoms with E-state index in [1.807, 2.05) is 0 Å². The number of benzene rings is 1. The predicted molar refractivity (Wildman–Crippen MR) is 63.4 cm³/mol. The lowest BCUT2D eigenvalue weighted by molar-refractivity contribution is 0.166. The monoisotopic (exact) mass is 224 g/mol. The molecule has 1 aliphatic rings. The molecule has 1 aromatic rings. The number of fused-ring (bicyclic) bond motifs is 1. The molecular weight excluding hydrogens is 208 g/mol. The minimum atomic E-state index is -0.338. The van der Waals surface area contributed by atoms with Crippen molar-refractivity contribution in [1.82, 2.24) is 0 Å². The molecule has 2 heteroatoms. The van der Waals surface area contributed by atoms with Gasteiger partial charge in [0, 0.05) is 5.88 Å². The minimum Gasteiger partial charge on any atom is -0.388 e. The fourth-order valence-electron chi connectivity index (χ4n) is 2.24. The molecule has 0 amide bonds. The number of hydrogen-bond donors (Lipinski definition) is 1. The van der Waals surface area contributed by atoms with Crippen LogP contribution in [-0.4, -0.2) is 11.0 Å². The second-order valence-corrected chi connectivity index (χ2v) is 4.61. The van der Waals surface area contributed by atoms with Crippen LogP contribution < -0.4 is 0 Å². The summed E-state index contributed by atoms with van der Waals surface area (Å²) in [6, 6.07) is 6.39. The first kappa shape index (κ1) is 11.0. The molecule has 0 heterocycles. The van der Waals surface area contributed by atoms with Crippen LogP contribution in [0.25, 0.3) is 0 Å². The highest BCUT2D eigenvalue weighted by atomic mass is 35.5. The molecule has 0 saturated heterocycles. The van der Waals surface area contributed by atoms with Gasteiger partial charge in [0.15, 0.2) is 0 Å². The van der Waals surface area contributed by atoms with Gasteiger partial charge in [0.25, 0.3) is 0 Å². The Morgan fingerprint density at radius 2 is 2.07 bits per heavy atom. The van der Waals surface area contributed by atoms with Crippen molar-refractivity contribution in [2.75, 3.05) is 5.88 Å². The molecule has 0 aromatic heterocycles. The topological polar surface area (TPSA) is 20.2 Å². The van der Waals surface area contributed by atoms with Crippen LogP contribution in [0.3, 0.4) is 0 Å². The largest absolute Gasteiger partial charge is 0.388 e. The average Bonchev–Trinajstić information content (AvgIpc) is 2.72. The van der Waals surface area contributed by atoms with Gasteiger partial charge in [-0.1, -0.05) is 18.2 Å². The van der Waals surface area contributed by atoms with Crippen molar-refractivity contribution in [1.29, 1.82) is 0 Å². The summed E-state index contributed by atoms with van der Waals surface area (Å²) in [6.45, 7) is 0.